The van der Waals surface area contributed by atoms with Crippen LogP contribution in [0.3, 0.4) is 0 Å². The Hall–Kier alpha value is -1.09. The molecule has 0 saturated heterocycles. The highest BCUT2D eigenvalue weighted by atomic mass is 16.5. The Bertz CT molecular complexity index is 259. The SMILES string of the molecule is CCCCCCOCc1ccc(N)nc1. The van der Waals surface area contributed by atoms with Gasteiger partial charge in [-0.1, -0.05) is 32.3 Å². The van der Waals surface area contributed by atoms with Gasteiger partial charge in [0.2, 0.25) is 0 Å². The number of hydrogen-bond acceptors (Lipinski definition) is 3. The van der Waals surface area contributed by atoms with Crippen molar-refractivity contribution in [2.24, 2.45) is 0 Å². The predicted molar refractivity (Wildman–Crippen MR) is 62.4 cm³/mol. The molecule has 0 radical (unpaired) electrons. The third-order valence-electron chi connectivity index (χ3n) is 2.26. The number of nitrogens with two attached hydrogens (primary N) is 1. The fourth-order valence-corrected chi connectivity index (χ4v) is 1.34. The van der Waals surface area contributed by atoms with E-state index in [2.05, 4.69) is 11.9 Å². The maximum atomic E-state index is 5.53. The Kier molecular flexibility index (Phi) is 5.78. The summed E-state index contributed by atoms with van der Waals surface area (Å²) in [5.41, 5.74) is 6.57. The average Bonchev–Trinajstić information content (AvgIpc) is 2.26. The van der Waals surface area contributed by atoms with E-state index in [4.69, 9.17) is 10.5 Å². The molecular formula is C12H20N2O. The van der Waals surface area contributed by atoms with Gasteiger partial charge in [-0.25, -0.2) is 4.98 Å². The molecule has 1 heterocycles. The number of rotatable bonds is 7. The maximum absolute atomic E-state index is 5.53. The highest BCUT2D eigenvalue weighted by Crippen LogP contribution is 2.04. The molecule has 3 heteroatoms. The second kappa shape index (κ2) is 7.23. The Labute approximate surface area is 91.7 Å². The van der Waals surface area contributed by atoms with Gasteiger partial charge >= 0.3 is 0 Å². The summed E-state index contributed by atoms with van der Waals surface area (Å²) in [6, 6.07) is 3.75. The number of pyridine rings is 1. The Morgan fingerprint density at radius 2 is 2.13 bits per heavy atom. The Balaban J connectivity index is 2.07. The number of aromatic nitrogens is 1. The summed E-state index contributed by atoms with van der Waals surface area (Å²) in [7, 11) is 0. The van der Waals surface area contributed by atoms with E-state index in [0.29, 0.717) is 12.4 Å². The fraction of sp³-hybridized carbons (Fsp3) is 0.583. The van der Waals surface area contributed by atoms with Gasteiger partial charge in [0.25, 0.3) is 0 Å². The van der Waals surface area contributed by atoms with Gasteiger partial charge in [-0.05, 0) is 18.1 Å². The summed E-state index contributed by atoms with van der Waals surface area (Å²) in [6.07, 6.45) is 6.74. The van der Waals surface area contributed by atoms with E-state index in [1.165, 1.54) is 19.3 Å². The summed E-state index contributed by atoms with van der Waals surface area (Å²) in [5.74, 6) is 0.557. The minimum Gasteiger partial charge on any atom is -0.384 e. The van der Waals surface area contributed by atoms with E-state index in [1.807, 2.05) is 6.07 Å². The van der Waals surface area contributed by atoms with Gasteiger partial charge in [0.15, 0.2) is 0 Å². The zero-order valence-corrected chi connectivity index (χ0v) is 9.41. The lowest BCUT2D eigenvalue weighted by Crippen LogP contribution is -1.97. The molecule has 2 N–H and O–H groups in total. The molecule has 0 saturated carbocycles. The molecule has 0 atom stereocenters. The van der Waals surface area contributed by atoms with Gasteiger partial charge in [0.05, 0.1) is 6.61 Å². The molecule has 0 bridgehead atoms. The average molecular weight is 208 g/mol. The number of nitrogen functional groups attached to an aromatic ring is 1. The third-order valence-corrected chi connectivity index (χ3v) is 2.26. The van der Waals surface area contributed by atoms with Crippen molar-refractivity contribution in [2.45, 2.75) is 39.2 Å². The molecule has 0 amide bonds. The summed E-state index contributed by atoms with van der Waals surface area (Å²) >= 11 is 0. The molecule has 0 aliphatic carbocycles. The van der Waals surface area contributed by atoms with Crippen LogP contribution in [0.1, 0.15) is 38.2 Å². The lowest BCUT2D eigenvalue weighted by Gasteiger charge is -2.03. The van der Waals surface area contributed by atoms with Crippen LogP contribution in [0.4, 0.5) is 5.82 Å². The molecule has 0 fully saturated rings. The molecule has 0 aliphatic rings. The van der Waals surface area contributed by atoms with Crippen LogP contribution < -0.4 is 5.73 Å². The van der Waals surface area contributed by atoms with Crippen molar-refractivity contribution in [1.82, 2.24) is 4.98 Å². The first-order valence-electron chi connectivity index (χ1n) is 5.61. The highest BCUT2D eigenvalue weighted by molar-refractivity contribution is 5.28. The first kappa shape index (κ1) is 12.0. The largest absolute Gasteiger partial charge is 0.384 e. The predicted octanol–water partition coefficient (Wildman–Crippen LogP) is 2.76. The van der Waals surface area contributed by atoms with Crippen LogP contribution in [0.25, 0.3) is 0 Å². The number of ether oxygens (including phenoxy) is 1. The van der Waals surface area contributed by atoms with E-state index in [-0.39, 0.29) is 0 Å². The van der Waals surface area contributed by atoms with Crippen molar-refractivity contribution in [2.75, 3.05) is 12.3 Å². The van der Waals surface area contributed by atoms with Gasteiger partial charge in [-0.2, -0.15) is 0 Å². The van der Waals surface area contributed by atoms with Crippen molar-refractivity contribution in [1.29, 1.82) is 0 Å². The van der Waals surface area contributed by atoms with Crippen LogP contribution in [-0.2, 0) is 11.3 Å². The second-order valence-corrected chi connectivity index (χ2v) is 3.70. The van der Waals surface area contributed by atoms with E-state index in [0.717, 1.165) is 18.6 Å². The molecule has 0 aliphatic heterocycles. The van der Waals surface area contributed by atoms with Crippen LogP contribution in [-0.4, -0.2) is 11.6 Å². The maximum Gasteiger partial charge on any atom is 0.123 e. The number of hydrogen-bond donors (Lipinski definition) is 1. The van der Waals surface area contributed by atoms with Crippen LogP contribution in [0, 0.1) is 0 Å². The first-order chi connectivity index (χ1) is 7.33. The van der Waals surface area contributed by atoms with Gasteiger partial charge in [-0.3, -0.25) is 0 Å². The second-order valence-electron chi connectivity index (χ2n) is 3.70. The summed E-state index contributed by atoms with van der Waals surface area (Å²) in [6.45, 7) is 3.69. The summed E-state index contributed by atoms with van der Waals surface area (Å²) in [5, 5.41) is 0. The van der Waals surface area contributed by atoms with Crippen LogP contribution in [0.15, 0.2) is 18.3 Å². The normalized spacial score (nSPS) is 10.5. The fourth-order valence-electron chi connectivity index (χ4n) is 1.34. The Morgan fingerprint density at radius 3 is 2.80 bits per heavy atom. The van der Waals surface area contributed by atoms with Crippen molar-refractivity contribution in [3.8, 4) is 0 Å². The van der Waals surface area contributed by atoms with Gasteiger partial charge in [-0.15, -0.1) is 0 Å². The van der Waals surface area contributed by atoms with E-state index < -0.39 is 0 Å². The zero-order valence-electron chi connectivity index (χ0n) is 9.41. The van der Waals surface area contributed by atoms with Crippen molar-refractivity contribution in [3.63, 3.8) is 0 Å². The lowest BCUT2D eigenvalue weighted by molar-refractivity contribution is 0.116. The van der Waals surface area contributed by atoms with E-state index >= 15 is 0 Å². The molecule has 84 valence electrons. The molecular weight excluding hydrogens is 188 g/mol. The quantitative estimate of drug-likeness (QED) is 0.701. The molecule has 1 aromatic heterocycles. The topological polar surface area (TPSA) is 48.1 Å². The van der Waals surface area contributed by atoms with Crippen LogP contribution in [0.2, 0.25) is 0 Å². The Morgan fingerprint density at radius 1 is 1.27 bits per heavy atom. The smallest absolute Gasteiger partial charge is 0.123 e. The molecule has 1 rings (SSSR count). The number of nitrogens with zero attached hydrogens (tertiary/aromatic N) is 1. The third kappa shape index (κ3) is 5.37. The number of anilines is 1. The van der Waals surface area contributed by atoms with Crippen molar-refractivity contribution < 1.29 is 4.74 Å². The summed E-state index contributed by atoms with van der Waals surface area (Å²) in [4.78, 5) is 4.01. The summed E-state index contributed by atoms with van der Waals surface area (Å²) < 4.78 is 5.53. The van der Waals surface area contributed by atoms with Gasteiger partial charge in [0, 0.05) is 12.8 Å². The van der Waals surface area contributed by atoms with E-state index in [9.17, 15) is 0 Å². The monoisotopic (exact) mass is 208 g/mol. The molecule has 1 aromatic rings. The van der Waals surface area contributed by atoms with Crippen molar-refractivity contribution in [3.05, 3.63) is 23.9 Å². The minimum atomic E-state index is 0.557. The van der Waals surface area contributed by atoms with Gasteiger partial charge in [0.1, 0.15) is 5.82 Å². The first-order valence-corrected chi connectivity index (χ1v) is 5.61. The van der Waals surface area contributed by atoms with Crippen LogP contribution >= 0.6 is 0 Å². The molecule has 0 unspecified atom stereocenters. The van der Waals surface area contributed by atoms with Gasteiger partial charge < -0.3 is 10.5 Å². The molecule has 0 spiro atoms. The number of unbranched alkanes of at least 4 members (excludes halogenated alkanes) is 3. The molecule has 15 heavy (non-hydrogen) atoms. The highest BCUT2D eigenvalue weighted by Gasteiger charge is 1.94. The van der Waals surface area contributed by atoms with E-state index in [1.54, 1.807) is 12.3 Å². The van der Waals surface area contributed by atoms with Crippen molar-refractivity contribution >= 4 is 5.82 Å². The minimum absolute atomic E-state index is 0.557. The molecule has 3 nitrogen and oxygen atoms in total. The zero-order chi connectivity index (χ0) is 10.9. The van der Waals surface area contributed by atoms with Crippen LogP contribution in [0.5, 0.6) is 0 Å². The standard InChI is InChI=1S/C12H20N2O/c1-2-3-4-5-8-15-10-11-6-7-12(13)14-9-11/h6-7,9H,2-5,8,10H2,1H3,(H2,13,14). The molecule has 0 aromatic carbocycles. The lowest BCUT2D eigenvalue weighted by atomic mass is 10.2.